The Morgan fingerprint density at radius 3 is 2.58 bits per heavy atom. The lowest BCUT2D eigenvalue weighted by molar-refractivity contribution is -0.179. The van der Waals surface area contributed by atoms with Crippen LogP contribution in [0.2, 0.25) is 0 Å². The van der Waals surface area contributed by atoms with E-state index in [0.717, 1.165) is 20.5 Å². The van der Waals surface area contributed by atoms with Gasteiger partial charge in [-0.3, -0.25) is 9.69 Å². The fraction of sp³-hybridized carbons (Fsp3) is 0.556. The Hall–Kier alpha value is -1.54. The number of carbonyl (C=O) groups excluding carboxylic acids is 2. The van der Waals surface area contributed by atoms with Crippen LogP contribution in [0.5, 0.6) is 0 Å². The van der Waals surface area contributed by atoms with Crippen molar-refractivity contribution < 1.29 is 23.1 Å². The van der Waals surface area contributed by atoms with Gasteiger partial charge >= 0.3 is 12.6 Å². The molecule has 1 aliphatic heterocycles. The van der Waals surface area contributed by atoms with Crippen molar-refractivity contribution in [3.05, 3.63) is 33.8 Å². The number of nitrogens with zero attached hydrogens (tertiary/aromatic N) is 1. The Morgan fingerprint density at radius 2 is 2.00 bits per heavy atom. The largest absolute Gasteiger partial charge is 0.345 e. The van der Waals surface area contributed by atoms with E-state index in [1.165, 1.54) is 7.05 Å². The van der Waals surface area contributed by atoms with Crippen molar-refractivity contribution in [3.63, 3.8) is 0 Å². The van der Waals surface area contributed by atoms with E-state index in [2.05, 4.69) is 26.0 Å². The summed E-state index contributed by atoms with van der Waals surface area (Å²) in [4.78, 5) is 26.7. The van der Waals surface area contributed by atoms with E-state index < -0.39 is 29.7 Å². The first-order valence-electron chi connectivity index (χ1n) is 8.62. The molecule has 8 heteroatoms. The van der Waals surface area contributed by atoms with Gasteiger partial charge in [0, 0.05) is 16.9 Å². The number of nitrogens with one attached hydrogen (secondary N) is 1. The molecule has 140 valence electrons. The summed E-state index contributed by atoms with van der Waals surface area (Å²) in [5, 5.41) is 2.96. The van der Waals surface area contributed by atoms with Crippen LogP contribution >= 0.6 is 15.9 Å². The van der Waals surface area contributed by atoms with Gasteiger partial charge in [0.2, 0.25) is 0 Å². The van der Waals surface area contributed by atoms with Crippen molar-refractivity contribution in [1.82, 2.24) is 10.2 Å². The third-order valence-electron chi connectivity index (χ3n) is 6.21. The van der Waals surface area contributed by atoms with E-state index >= 15 is 0 Å². The molecule has 2 spiro atoms. The number of alkyl halides is 2. The summed E-state index contributed by atoms with van der Waals surface area (Å²) in [6, 6.07) is 5.36. The molecule has 26 heavy (non-hydrogen) atoms. The van der Waals surface area contributed by atoms with Crippen molar-refractivity contribution in [2.45, 2.75) is 50.4 Å². The molecule has 3 amide bonds. The summed E-state index contributed by atoms with van der Waals surface area (Å²) in [5.41, 5.74) is 0.178. The molecule has 1 atom stereocenters. The van der Waals surface area contributed by atoms with Gasteiger partial charge in [0.05, 0.1) is 6.10 Å². The first-order chi connectivity index (χ1) is 12.3. The highest BCUT2D eigenvalue weighted by Gasteiger charge is 2.67. The van der Waals surface area contributed by atoms with E-state index in [1.54, 1.807) is 0 Å². The highest BCUT2D eigenvalue weighted by atomic mass is 79.9. The zero-order valence-corrected chi connectivity index (χ0v) is 15.8. The minimum absolute atomic E-state index is 0.271. The van der Waals surface area contributed by atoms with Gasteiger partial charge in [-0.25, -0.2) is 4.79 Å². The fourth-order valence-corrected chi connectivity index (χ4v) is 5.36. The molecule has 1 aromatic rings. The molecule has 1 heterocycles. The van der Waals surface area contributed by atoms with Crippen molar-refractivity contribution in [3.8, 4) is 0 Å². The van der Waals surface area contributed by atoms with Gasteiger partial charge in [0.25, 0.3) is 5.91 Å². The minimum Gasteiger partial charge on any atom is -0.320 e. The number of imide groups is 1. The molecule has 0 bridgehead atoms. The van der Waals surface area contributed by atoms with Crippen molar-refractivity contribution in [1.29, 1.82) is 0 Å². The van der Waals surface area contributed by atoms with Crippen LogP contribution in [-0.2, 0) is 21.5 Å². The number of fused-ring (bicyclic) bond motifs is 3. The maximum Gasteiger partial charge on any atom is 0.345 e. The number of hydrogen-bond acceptors (Lipinski definition) is 3. The third-order valence-corrected chi connectivity index (χ3v) is 6.70. The summed E-state index contributed by atoms with van der Waals surface area (Å²) >= 11 is 3.45. The Labute approximate surface area is 158 Å². The molecule has 5 nitrogen and oxygen atoms in total. The average molecular weight is 429 g/mol. The van der Waals surface area contributed by atoms with Gasteiger partial charge in [-0.1, -0.05) is 22.0 Å². The van der Waals surface area contributed by atoms with Crippen LogP contribution in [0.25, 0.3) is 0 Å². The van der Waals surface area contributed by atoms with Crippen molar-refractivity contribution >= 4 is 27.9 Å². The predicted octanol–water partition coefficient (Wildman–Crippen LogP) is 3.55. The molecule has 3 aliphatic rings. The van der Waals surface area contributed by atoms with E-state index in [-0.39, 0.29) is 5.91 Å². The number of benzene rings is 1. The number of amides is 3. The highest BCUT2D eigenvalue weighted by molar-refractivity contribution is 9.10. The lowest BCUT2D eigenvalue weighted by atomic mass is 9.61. The summed E-state index contributed by atoms with van der Waals surface area (Å²) in [6.45, 7) is -2.79. The van der Waals surface area contributed by atoms with Gasteiger partial charge in [0.15, 0.2) is 5.54 Å². The van der Waals surface area contributed by atoms with Gasteiger partial charge in [0.1, 0.15) is 0 Å². The molecule has 2 fully saturated rings. The number of halogens is 3. The van der Waals surface area contributed by atoms with Gasteiger partial charge < -0.3 is 10.1 Å². The van der Waals surface area contributed by atoms with E-state index in [4.69, 9.17) is 0 Å². The Balaban J connectivity index is 1.77. The van der Waals surface area contributed by atoms with E-state index in [9.17, 15) is 18.4 Å². The maximum absolute atomic E-state index is 13.2. The van der Waals surface area contributed by atoms with Crippen LogP contribution in [-0.4, -0.2) is 36.6 Å². The quantitative estimate of drug-likeness (QED) is 0.732. The molecule has 1 saturated heterocycles. The molecule has 0 aromatic heterocycles. The molecule has 1 saturated carbocycles. The van der Waals surface area contributed by atoms with Gasteiger partial charge in [-0.05, 0) is 55.4 Å². The lowest BCUT2D eigenvalue weighted by Gasteiger charge is -2.46. The lowest BCUT2D eigenvalue weighted by Crippen LogP contribution is -2.56. The Kier molecular flexibility index (Phi) is 4.11. The molecular formula is C18H19BrF2N2O3. The zero-order valence-electron chi connectivity index (χ0n) is 14.2. The summed E-state index contributed by atoms with van der Waals surface area (Å²) < 4.78 is 30.6. The molecule has 1 N–H and O–H groups in total. The van der Waals surface area contributed by atoms with E-state index in [0.29, 0.717) is 32.1 Å². The van der Waals surface area contributed by atoms with Crippen LogP contribution in [0, 0.1) is 5.41 Å². The standard InChI is InChI=1S/C18H19BrF2N2O3/c1-23-14(24)18(22-16(23)25)13-8-11(19)3-2-10(13)9-17(18)6-4-12(5-7-17)26-15(20)21/h2-3,8,12,15H,4-7,9H2,1H3,(H,22,25). The fourth-order valence-electron chi connectivity index (χ4n) is 5.00. The van der Waals surface area contributed by atoms with Gasteiger partial charge in [-0.15, -0.1) is 0 Å². The SMILES string of the molecule is CN1C(=O)NC2(C1=O)c1cc(Br)ccc1CC21CCC(OC(F)F)CC1. The second-order valence-corrected chi connectivity index (χ2v) is 8.31. The average Bonchev–Trinajstić information content (AvgIpc) is 2.98. The molecule has 1 aromatic carbocycles. The first kappa shape index (κ1) is 17.9. The second kappa shape index (κ2) is 5.99. The smallest absolute Gasteiger partial charge is 0.320 e. The number of urea groups is 1. The second-order valence-electron chi connectivity index (χ2n) is 7.40. The zero-order chi connectivity index (χ0) is 18.7. The van der Waals surface area contributed by atoms with Crippen LogP contribution in [0.3, 0.4) is 0 Å². The summed E-state index contributed by atoms with van der Waals surface area (Å²) in [6.07, 6.45) is 2.07. The number of carbonyl (C=O) groups is 2. The maximum atomic E-state index is 13.2. The van der Waals surface area contributed by atoms with Crippen LogP contribution in [0.1, 0.15) is 36.8 Å². The number of hydrogen-bond donors (Lipinski definition) is 1. The number of ether oxygens (including phenoxy) is 1. The highest BCUT2D eigenvalue weighted by Crippen LogP contribution is 2.60. The molecule has 2 aliphatic carbocycles. The third kappa shape index (κ3) is 2.34. The van der Waals surface area contributed by atoms with E-state index in [1.807, 2.05) is 18.2 Å². The monoisotopic (exact) mass is 428 g/mol. The van der Waals surface area contributed by atoms with Gasteiger partial charge in [-0.2, -0.15) is 8.78 Å². The van der Waals surface area contributed by atoms with Crippen LogP contribution in [0.4, 0.5) is 13.6 Å². The van der Waals surface area contributed by atoms with Crippen LogP contribution in [0.15, 0.2) is 22.7 Å². The molecular weight excluding hydrogens is 410 g/mol. The minimum atomic E-state index is -2.79. The molecule has 4 rings (SSSR count). The topological polar surface area (TPSA) is 58.6 Å². The molecule has 0 radical (unpaired) electrons. The number of rotatable bonds is 2. The van der Waals surface area contributed by atoms with Crippen LogP contribution < -0.4 is 5.32 Å². The Morgan fingerprint density at radius 1 is 1.31 bits per heavy atom. The predicted molar refractivity (Wildman–Crippen MR) is 92.6 cm³/mol. The first-order valence-corrected chi connectivity index (χ1v) is 9.41. The summed E-state index contributed by atoms with van der Waals surface area (Å²) in [7, 11) is 1.47. The molecule has 1 unspecified atom stereocenters. The normalized spacial score (nSPS) is 33.4. The number of likely N-dealkylation sites (N-methyl/N-ethyl adjacent to an activating group) is 1. The van der Waals surface area contributed by atoms with Crippen molar-refractivity contribution in [2.24, 2.45) is 5.41 Å². The van der Waals surface area contributed by atoms with Crippen molar-refractivity contribution in [2.75, 3.05) is 7.05 Å². The Bertz CT molecular complexity index is 780. The summed E-state index contributed by atoms with van der Waals surface area (Å²) in [5.74, 6) is -0.271.